The number of hydrogen-bond donors (Lipinski definition) is 3. The Labute approximate surface area is 343 Å². The van der Waals surface area contributed by atoms with Crippen LogP contribution >= 0.6 is 0 Å². The van der Waals surface area contributed by atoms with Crippen molar-refractivity contribution in [3.05, 3.63) is 144 Å². The van der Waals surface area contributed by atoms with Crippen molar-refractivity contribution in [1.29, 1.82) is 0 Å². The maximum Gasteiger partial charge on any atom is 0.192 e. The zero-order chi connectivity index (χ0) is 41.1. The molecule has 0 aliphatic carbocycles. The van der Waals surface area contributed by atoms with E-state index >= 15 is 0 Å². The van der Waals surface area contributed by atoms with Crippen molar-refractivity contribution in [3.63, 3.8) is 0 Å². The molecule has 2 aliphatic rings. The maximum absolute atomic E-state index is 11.8. The lowest BCUT2D eigenvalue weighted by Gasteiger charge is -2.49. The topological polar surface area (TPSA) is 135 Å². The maximum atomic E-state index is 11.8. The Hall–Kier alpha value is -3.34. The average Bonchev–Trinajstić information content (AvgIpc) is 3.22. The van der Waals surface area contributed by atoms with Crippen molar-refractivity contribution in [2.75, 3.05) is 13.2 Å². The van der Waals surface area contributed by atoms with Crippen molar-refractivity contribution in [2.24, 2.45) is 0 Å². The molecule has 12 heteroatoms. The number of aliphatic hydroxyl groups is 3. The van der Waals surface area contributed by atoms with E-state index in [4.69, 9.17) is 37.6 Å². The fourth-order valence-corrected chi connectivity index (χ4v) is 7.75. The third-order valence-corrected chi connectivity index (χ3v) is 15.7. The van der Waals surface area contributed by atoms with Gasteiger partial charge in [-0.05, 0) is 40.4 Å². The first-order valence-corrected chi connectivity index (χ1v) is 23.0. The van der Waals surface area contributed by atoms with Crippen LogP contribution in [0.2, 0.25) is 18.1 Å². The van der Waals surface area contributed by atoms with Gasteiger partial charge in [-0.25, -0.2) is 0 Å². The summed E-state index contributed by atoms with van der Waals surface area (Å²) < 4.78 is 52.1. The number of rotatable bonds is 18. The zero-order valence-corrected chi connectivity index (χ0v) is 35.2. The summed E-state index contributed by atoms with van der Waals surface area (Å²) in [5, 5.41) is 34.0. The predicted molar refractivity (Wildman–Crippen MR) is 221 cm³/mol. The second kappa shape index (κ2) is 20.8. The SMILES string of the molecule is CC(C)(C)[Si](C)(C)OCC1O[C@H](O)C(O)C(O[C@@H]2OC(COCc3ccccc3)[C@@H](OCc3ccccc3)C(OCc3ccccc3)C2OCc2ccccc2)[C@@H]1O. The highest BCUT2D eigenvalue weighted by atomic mass is 28.4. The minimum Gasteiger partial charge on any atom is -0.414 e. The highest BCUT2D eigenvalue weighted by Crippen LogP contribution is 2.38. The lowest BCUT2D eigenvalue weighted by atomic mass is 9.96. The molecule has 6 rings (SSSR count). The third kappa shape index (κ3) is 11.9. The molecule has 10 atom stereocenters. The van der Waals surface area contributed by atoms with Gasteiger partial charge in [0.15, 0.2) is 20.9 Å². The average molecular weight is 817 g/mol. The van der Waals surface area contributed by atoms with Crippen molar-refractivity contribution in [2.45, 2.75) is 127 Å². The van der Waals surface area contributed by atoms with E-state index in [1.165, 1.54) is 0 Å². The molecule has 2 aliphatic heterocycles. The molecule has 58 heavy (non-hydrogen) atoms. The van der Waals surface area contributed by atoms with Crippen LogP contribution in [0.5, 0.6) is 0 Å². The van der Waals surface area contributed by atoms with Gasteiger partial charge < -0.3 is 52.9 Å². The lowest BCUT2D eigenvalue weighted by Crippen LogP contribution is -2.66. The van der Waals surface area contributed by atoms with E-state index in [2.05, 4.69) is 33.9 Å². The van der Waals surface area contributed by atoms with E-state index < -0.39 is 69.7 Å². The summed E-state index contributed by atoms with van der Waals surface area (Å²) in [5.41, 5.74) is 3.79. The number of benzene rings is 4. The van der Waals surface area contributed by atoms with Gasteiger partial charge in [0.25, 0.3) is 0 Å². The van der Waals surface area contributed by atoms with Crippen LogP contribution < -0.4 is 0 Å². The van der Waals surface area contributed by atoms with E-state index in [-0.39, 0.29) is 38.1 Å². The Bertz CT molecular complexity index is 1760. The van der Waals surface area contributed by atoms with E-state index in [1.54, 1.807) is 0 Å². The third-order valence-electron chi connectivity index (χ3n) is 11.2. The molecule has 2 saturated heterocycles. The Morgan fingerprint density at radius 2 is 0.966 bits per heavy atom. The first kappa shape index (κ1) is 44.2. The van der Waals surface area contributed by atoms with Gasteiger partial charge in [0.05, 0.1) is 39.6 Å². The standard InChI is InChI=1S/C46H60O11Si/c1-46(2,3)58(4,5)54-31-36-38(47)41(39(48)44(49)55-36)57-45-43(53-29-35-24-16-9-17-25-35)42(52-28-34-22-14-8-15-23-34)40(51-27-33-20-12-7-13-21-33)37(56-45)30-50-26-32-18-10-6-11-19-32/h6-25,36-45,47-49H,26-31H2,1-5H3/t36?,37?,38-,39?,40-,41?,42?,43?,44+,45+/m1/s1. The molecule has 2 heterocycles. The van der Waals surface area contributed by atoms with Gasteiger partial charge in [0, 0.05) is 0 Å². The summed E-state index contributed by atoms with van der Waals surface area (Å²) in [6.45, 7) is 11.6. The molecule has 0 aromatic heterocycles. The van der Waals surface area contributed by atoms with Gasteiger partial charge in [-0.3, -0.25) is 0 Å². The second-order valence-corrected chi connectivity index (χ2v) is 21.4. The van der Waals surface area contributed by atoms with Gasteiger partial charge >= 0.3 is 0 Å². The Morgan fingerprint density at radius 1 is 0.517 bits per heavy atom. The molecule has 314 valence electrons. The number of ether oxygens (including phenoxy) is 7. The van der Waals surface area contributed by atoms with E-state index in [0.29, 0.717) is 6.61 Å². The van der Waals surface area contributed by atoms with Crippen LogP contribution in [0.3, 0.4) is 0 Å². The van der Waals surface area contributed by atoms with Crippen LogP contribution in [0.25, 0.3) is 0 Å². The molecular formula is C46H60O11Si. The minimum atomic E-state index is -2.27. The molecule has 4 aromatic rings. The molecule has 0 bridgehead atoms. The van der Waals surface area contributed by atoms with Gasteiger partial charge in [-0.15, -0.1) is 0 Å². The largest absolute Gasteiger partial charge is 0.414 e. The predicted octanol–water partition coefficient (Wildman–Crippen LogP) is 6.53. The van der Waals surface area contributed by atoms with Crippen molar-refractivity contribution in [3.8, 4) is 0 Å². The van der Waals surface area contributed by atoms with E-state index in [0.717, 1.165) is 22.3 Å². The Kier molecular flexibility index (Phi) is 15.8. The Morgan fingerprint density at radius 3 is 1.45 bits per heavy atom. The summed E-state index contributed by atoms with van der Waals surface area (Å²) >= 11 is 0. The van der Waals surface area contributed by atoms with Crippen LogP contribution in [0.4, 0.5) is 0 Å². The fourth-order valence-electron chi connectivity index (χ4n) is 6.73. The molecule has 3 N–H and O–H groups in total. The molecule has 0 amide bonds. The fraction of sp³-hybridized carbons (Fsp3) is 0.478. The number of aliphatic hydroxyl groups excluding tert-OH is 3. The Balaban J connectivity index is 1.33. The molecule has 0 saturated carbocycles. The number of hydrogen-bond acceptors (Lipinski definition) is 11. The van der Waals surface area contributed by atoms with Crippen molar-refractivity contribution < 1.29 is 52.9 Å². The quantitative estimate of drug-likeness (QED) is 0.0947. The van der Waals surface area contributed by atoms with Gasteiger partial charge in [-0.2, -0.15) is 0 Å². The zero-order valence-electron chi connectivity index (χ0n) is 34.2. The van der Waals surface area contributed by atoms with Gasteiger partial charge in [0.1, 0.15) is 48.8 Å². The van der Waals surface area contributed by atoms with Crippen LogP contribution in [0, 0.1) is 0 Å². The van der Waals surface area contributed by atoms with E-state index in [1.807, 2.05) is 121 Å². The van der Waals surface area contributed by atoms with Crippen LogP contribution in [-0.4, -0.2) is 98.3 Å². The van der Waals surface area contributed by atoms with E-state index in [9.17, 15) is 15.3 Å². The van der Waals surface area contributed by atoms with Crippen LogP contribution in [0.15, 0.2) is 121 Å². The summed E-state index contributed by atoms with van der Waals surface area (Å²) in [5.74, 6) is 0. The molecule has 0 spiro atoms. The molecular weight excluding hydrogens is 757 g/mol. The summed E-state index contributed by atoms with van der Waals surface area (Å²) in [4.78, 5) is 0. The normalized spacial score (nSPS) is 28.0. The summed E-state index contributed by atoms with van der Waals surface area (Å²) in [6, 6.07) is 39.2. The van der Waals surface area contributed by atoms with Crippen molar-refractivity contribution >= 4 is 8.32 Å². The van der Waals surface area contributed by atoms with Gasteiger partial charge in [0.2, 0.25) is 0 Å². The van der Waals surface area contributed by atoms with Crippen LogP contribution in [0.1, 0.15) is 43.0 Å². The molecule has 0 radical (unpaired) electrons. The second-order valence-electron chi connectivity index (χ2n) is 16.5. The first-order valence-electron chi connectivity index (χ1n) is 20.1. The van der Waals surface area contributed by atoms with Gasteiger partial charge in [-0.1, -0.05) is 142 Å². The molecule has 2 fully saturated rings. The minimum absolute atomic E-state index is 0.00504. The summed E-state index contributed by atoms with van der Waals surface area (Å²) in [7, 11) is -2.27. The highest BCUT2D eigenvalue weighted by molar-refractivity contribution is 6.74. The molecule has 4 aromatic carbocycles. The first-order chi connectivity index (χ1) is 27.9. The molecule has 6 unspecified atom stereocenters. The lowest BCUT2D eigenvalue weighted by molar-refractivity contribution is -0.367. The summed E-state index contributed by atoms with van der Waals surface area (Å²) in [6.07, 6.45) is -11.5. The monoisotopic (exact) mass is 816 g/mol. The highest BCUT2D eigenvalue weighted by Gasteiger charge is 2.53. The van der Waals surface area contributed by atoms with Crippen molar-refractivity contribution in [1.82, 2.24) is 0 Å². The smallest absolute Gasteiger partial charge is 0.192 e. The van der Waals surface area contributed by atoms with Crippen LogP contribution in [-0.2, 0) is 64.0 Å². The molecule has 11 nitrogen and oxygen atoms in total.